The smallest absolute Gasteiger partial charge is 0.336 e. The minimum Gasteiger partial charge on any atom is -0.493 e. The number of hydrogen-bond donors (Lipinski definition) is 0. The summed E-state index contributed by atoms with van der Waals surface area (Å²) in [7, 11) is 1.42. The lowest BCUT2D eigenvalue weighted by atomic mass is 10.1. The maximum atomic E-state index is 13.0. The maximum Gasteiger partial charge on any atom is 0.336 e. The maximum absolute atomic E-state index is 13.0. The van der Waals surface area contributed by atoms with Crippen molar-refractivity contribution in [2.45, 2.75) is 6.92 Å². The van der Waals surface area contributed by atoms with Crippen molar-refractivity contribution in [2.75, 3.05) is 7.11 Å². The molecule has 0 aliphatic heterocycles. The second-order valence-corrected chi connectivity index (χ2v) is 4.73. The van der Waals surface area contributed by atoms with E-state index in [4.69, 9.17) is 9.47 Å². The molecule has 0 bridgehead atoms. The fourth-order valence-corrected chi connectivity index (χ4v) is 1.89. The van der Waals surface area contributed by atoms with E-state index in [1.54, 1.807) is 18.2 Å². The number of benzene rings is 2. The number of methoxy groups -OCH3 is 1. The number of carbonyl (C=O) groups excluding carboxylic acids is 2. The minimum absolute atomic E-state index is 0.118. The van der Waals surface area contributed by atoms with E-state index in [0.717, 1.165) is 0 Å². The Kier molecular flexibility index (Phi) is 5.25. The summed E-state index contributed by atoms with van der Waals surface area (Å²) < 4.78 is 23.3. The highest BCUT2D eigenvalue weighted by atomic mass is 19.1. The normalized spacial score (nSPS) is 10.6. The van der Waals surface area contributed by atoms with Crippen LogP contribution in [-0.2, 0) is 4.79 Å². The lowest BCUT2D eigenvalue weighted by Gasteiger charge is -2.08. The van der Waals surface area contributed by atoms with Gasteiger partial charge in [-0.15, -0.1) is 0 Å². The molecule has 23 heavy (non-hydrogen) atoms. The minimum atomic E-state index is -0.636. The summed E-state index contributed by atoms with van der Waals surface area (Å²) in [5.41, 5.74) is 0.998. The molecule has 4 nitrogen and oxygen atoms in total. The summed E-state index contributed by atoms with van der Waals surface area (Å²) >= 11 is 0. The molecule has 0 aromatic heterocycles. The topological polar surface area (TPSA) is 52.6 Å². The second-order valence-electron chi connectivity index (χ2n) is 4.73. The van der Waals surface area contributed by atoms with Crippen LogP contribution in [-0.4, -0.2) is 18.9 Å². The molecule has 5 heteroatoms. The molecule has 0 spiro atoms. The van der Waals surface area contributed by atoms with Crippen molar-refractivity contribution < 1.29 is 23.5 Å². The third-order valence-corrected chi connectivity index (χ3v) is 3.04. The molecule has 0 fully saturated rings. The van der Waals surface area contributed by atoms with Crippen LogP contribution in [0.2, 0.25) is 0 Å². The molecule has 2 aromatic carbocycles. The quantitative estimate of drug-likeness (QED) is 0.366. The van der Waals surface area contributed by atoms with E-state index in [2.05, 4.69) is 0 Å². The third kappa shape index (κ3) is 4.51. The first-order valence-corrected chi connectivity index (χ1v) is 6.84. The van der Waals surface area contributed by atoms with Gasteiger partial charge < -0.3 is 9.47 Å². The zero-order chi connectivity index (χ0) is 16.8. The summed E-state index contributed by atoms with van der Waals surface area (Å²) in [6.07, 6.45) is 2.63. The van der Waals surface area contributed by atoms with Crippen LogP contribution < -0.4 is 9.47 Å². The number of rotatable bonds is 5. The van der Waals surface area contributed by atoms with Crippen LogP contribution in [0.1, 0.15) is 22.8 Å². The average molecular weight is 314 g/mol. The Balaban J connectivity index is 2.12. The van der Waals surface area contributed by atoms with Gasteiger partial charge in [0.25, 0.3) is 0 Å². The highest BCUT2D eigenvalue weighted by Crippen LogP contribution is 2.28. The molecule has 0 N–H and O–H groups in total. The molecule has 2 aromatic rings. The highest BCUT2D eigenvalue weighted by Gasteiger charge is 2.10. The van der Waals surface area contributed by atoms with Crippen LogP contribution in [0.5, 0.6) is 11.5 Å². The number of esters is 1. The summed E-state index contributed by atoms with van der Waals surface area (Å²) in [5.74, 6) is -0.658. The Hall–Kier alpha value is -2.95. The Morgan fingerprint density at radius 1 is 1.09 bits per heavy atom. The molecule has 118 valence electrons. The van der Waals surface area contributed by atoms with Crippen molar-refractivity contribution in [3.05, 3.63) is 65.5 Å². The average Bonchev–Trinajstić information content (AvgIpc) is 2.53. The zero-order valence-electron chi connectivity index (χ0n) is 12.7. The van der Waals surface area contributed by atoms with E-state index in [9.17, 15) is 14.0 Å². The van der Waals surface area contributed by atoms with Gasteiger partial charge in [0.05, 0.1) is 7.11 Å². The van der Waals surface area contributed by atoms with Crippen molar-refractivity contribution in [3.63, 3.8) is 0 Å². The van der Waals surface area contributed by atoms with Gasteiger partial charge in [-0.05, 0) is 48.9 Å². The predicted octanol–water partition coefficient (Wildman–Crippen LogP) is 3.66. The van der Waals surface area contributed by atoms with Gasteiger partial charge in [-0.2, -0.15) is 0 Å². The lowest BCUT2D eigenvalue weighted by molar-refractivity contribution is -0.129. The SMILES string of the molecule is COc1cc(C(C)=O)ccc1OC(=O)/C=C/c1cccc(F)c1. The number of ether oxygens (including phenoxy) is 2. The molecule has 0 radical (unpaired) electrons. The summed E-state index contributed by atoms with van der Waals surface area (Å²) in [6, 6.07) is 10.4. The summed E-state index contributed by atoms with van der Waals surface area (Å²) in [4.78, 5) is 23.2. The van der Waals surface area contributed by atoms with Gasteiger partial charge in [0.15, 0.2) is 17.3 Å². The van der Waals surface area contributed by atoms with E-state index in [0.29, 0.717) is 11.1 Å². The molecular formula is C18H15FO4. The molecule has 0 aliphatic carbocycles. The van der Waals surface area contributed by atoms with Gasteiger partial charge in [0.1, 0.15) is 5.82 Å². The molecule has 0 heterocycles. The van der Waals surface area contributed by atoms with Crippen LogP contribution in [0.15, 0.2) is 48.5 Å². The van der Waals surface area contributed by atoms with Crippen LogP contribution in [0.25, 0.3) is 6.08 Å². The standard InChI is InChI=1S/C18H15FO4/c1-12(20)14-7-8-16(17(11-14)22-2)23-18(21)9-6-13-4-3-5-15(19)10-13/h3-11H,1-2H3/b9-6+. The number of halogens is 1. The molecule has 0 amide bonds. The monoisotopic (exact) mass is 314 g/mol. The first-order chi connectivity index (χ1) is 11.0. The molecule has 0 atom stereocenters. The second kappa shape index (κ2) is 7.35. The summed E-state index contributed by atoms with van der Waals surface area (Å²) in [6.45, 7) is 1.43. The molecule has 0 aliphatic rings. The third-order valence-electron chi connectivity index (χ3n) is 3.04. The van der Waals surface area contributed by atoms with Gasteiger partial charge in [0.2, 0.25) is 0 Å². The van der Waals surface area contributed by atoms with Crippen molar-refractivity contribution in [2.24, 2.45) is 0 Å². The number of carbonyl (C=O) groups is 2. The van der Waals surface area contributed by atoms with Crippen molar-refractivity contribution >= 4 is 17.8 Å². The first kappa shape index (κ1) is 16.4. The lowest BCUT2D eigenvalue weighted by Crippen LogP contribution is -2.05. The van der Waals surface area contributed by atoms with Gasteiger partial charge in [-0.3, -0.25) is 4.79 Å². The van der Waals surface area contributed by atoms with E-state index >= 15 is 0 Å². The number of Topliss-reactive ketones (excluding diaryl/α,β-unsaturated/α-hetero) is 1. The van der Waals surface area contributed by atoms with Crippen molar-refractivity contribution in [3.8, 4) is 11.5 Å². The van der Waals surface area contributed by atoms with Gasteiger partial charge in [0, 0.05) is 11.6 Å². The van der Waals surface area contributed by atoms with E-state index in [-0.39, 0.29) is 23.1 Å². The van der Waals surface area contributed by atoms with E-state index in [1.165, 1.54) is 50.5 Å². The zero-order valence-corrected chi connectivity index (χ0v) is 12.7. The van der Waals surface area contributed by atoms with Gasteiger partial charge >= 0.3 is 5.97 Å². The fourth-order valence-electron chi connectivity index (χ4n) is 1.89. The van der Waals surface area contributed by atoms with Crippen molar-refractivity contribution in [1.29, 1.82) is 0 Å². The molecule has 2 rings (SSSR count). The molecule has 0 saturated carbocycles. The Bertz CT molecular complexity index is 765. The predicted molar refractivity (Wildman–Crippen MR) is 84.1 cm³/mol. The summed E-state index contributed by atoms with van der Waals surface area (Å²) in [5, 5.41) is 0. The van der Waals surface area contributed by atoms with Gasteiger partial charge in [-0.25, -0.2) is 9.18 Å². The van der Waals surface area contributed by atoms with E-state index in [1.807, 2.05) is 0 Å². The van der Waals surface area contributed by atoms with E-state index < -0.39 is 5.97 Å². The first-order valence-electron chi connectivity index (χ1n) is 6.84. The fraction of sp³-hybridized carbons (Fsp3) is 0.111. The van der Waals surface area contributed by atoms with Crippen LogP contribution in [0, 0.1) is 5.82 Å². The molecule has 0 saturated heterocycles. The number of ketones is 1. The van der Waals surface area contributed by atoms with Crippen molar-refractivity contribution in [1.82, 2.24) is 0 Å². The molecule has 0 unspecified atom stereocenters. The molecular weight excluding hydrogens is 299 g/mol. The highest BCUT2D eigenvalue weighted by molar-refractivity contribution is 5.95. The van der Waals surface area contributed by atoms with Crippen LogP contribution >= 0.6 is 0 Å². The Morgan fingerprint density at radius 3 is 2.52 bits per heavy atom. The van der Waals surface area contributed by atoms with Crippen LogP contribution in [0.3, 0.4) is 0 Å². The van der Waals surface area contributed by atoms with Crippen LogP contribution in [0.4, 0.5) is 4.39 Å². The number of hydrogen-bond acceptors (Lipinski definition) is 4. The largest absolute Gasteiger partial charge is 0.493 e. The Labute approximate surface area is 133 Å². The Morgan fingerprint density at radius 2 is 1.87 bits per heavy atom. The van der Waals surface area contributed by atoms with Gasteiger partial charge in [-0.1, -0.05) is 12.1 Å².